The molecule has 3 rings (SSSR count). The summed E-state index contributed by atoms with van der Waals surface area (Å²) in [5, 5.41) is 8.82. The molecule has 0 spiro atoms. The largest absolute Gasteiger partial charge is 0.462 e. The first-order valence-electron chi connectivity index (χ1n) is 9.73. The number of aromatic nitrogens is 3. The zero-order valence-electron chi connectivity index (χ0n) is 17.2. The topological polar surface area (TPSA) is 98.7 Å². The third kappa shape index (κ3) is 4.22. The minimum absolute atomic E-state index is 0.0242. The van der Waals surface area contributed by atoms with Crippen LogP contribution in [0.1, 0.15) is 43.1 Å². The smallest absolute Gasteiger partial charge is 0.341 e. The molecule has 0 aromatic carbocycles. The number of ether oxygens (including phenoxy) is 2. The first kappa shape index (κ1) is 20.7. The number of nitrogens with zero attached hydrogens (tertiary/aromatic N) is 3. The Morgan fingerprint density at radius 1 is 1.31 bits per heavy atom. The first-order valence-corrected chi connectivity index (χ1v) is 9.73. The Kier molecular flexibility index (Phi) is 6.12. The Balaban J connectivity index is 2.23. The maximum Gasteiger partial charge on any atom is 0.341 e. The summed E-state index contributed by atoms with van der Waals surface area (Å²) in [6, 6.07) is 5.06. The average Bonchev–Trinajstić information content (AvgIpc) is 2.67. The monoisotopic (exact) mass is 398 g/mol. The van der Waals surface area contributed by atoms with Crippen LogP contribution in [0, 0.1) is 12.3 Å². The molecule has 8 heteroatoms. The van der Waals surface area contributed by atoms with Crippen LogP contribution in [-0.2, 0) is 16.0 Å². The molecule has 3 heterocycles. The Labute approximate surface area is 168 Å². The Hall–Kier alpha value is -3.00. The van der Waals surface area contributed by atoms with Gasteiger partial charge in [0.2, 0.25) is 0 Å². The highest BCUT2D eigenvalue weighted by Crippen LogP contribution is 2.12. The normalized spacial score (nSPS) is 11.5. The highest BCUT2D eigenvalue weighted by molar-refractivity contribution is 5.93. The number of esters is 1. The van der Waals surface area contributed by atoms with Gasteiger partial charge in [-0.05, 0) is 51.8 Å². The lowest BCUT2D eigenvalue weighted by atomic mass is 10.2. The summed E-state index contributed by atoms with van der Waals surface area (Å²) in [7, 11) is 0. The molecule has 0 unspecified atom stereocenters. The molecule has 8 nitrogen and oxygen atoms in total. The molecule has 0 aliphatic heterocycles. The van der Waals surface area contributed by atoms with E-state index in [1.807, 2.05) is 26.8 Å². The number of pyridine rings is 2. The van der Waals surface area contributed by atoms with Gasteiger partial charge < -0.3 is 14.0 Å². The fourth-order valence-electron chi connectivity index (χ4n) is 3.17. The summed E-state index contributed by atoms with van der Waals surface area (Å²) in [5.74, 6) is -0.625. The van der Waals surface area contributed by atoms with Crippen molar-refractivity contribution in [1.29, 1.82) is 5.41 Å². The lowest BCUT2D eigenvalue weighted by Gasteiger charge is -2.15. The van der Waals surface area contributed by atoms with Crippen molar-refractivity contribution >= 4 is 22.6 Å². The Morgan fingerprint density at radius 2 is 2.07 bits per heavy atom. The molecule has 0 fully saturated rings. The lowest BCUT2D eigenvalue weighted by Crippen LogP contribution is -2.31. The van der Waals surface area contributed by atoms with Crippen LogP contribution in [0.3, 0.4) is 0 Å². The standard InChI is InChI=1S/C21H26N4O4/c1-5-28-21(27)15-11-16-19(24(18(15)22)9-6-10-29-13(2)3)23-17-8-7-14(4)12-25(17)20(16)26/h7-8,11-13,22H,5-6,9-10H2,1-4H3. The minimum atomic E-state index is -0.625. The summed E-state index contributed by atoms with van der Waals surface area (Å²) in [6.07, 6.45) is 2.43. The molecule has 0 saturated carbocycles. The van der Waals surface area contributed by atoms with E-state index < -0.39 is 5.97 Å². The van der Waals surface area contributed by atoms with E-state index in [0.717, 1.165) is 5.56 Å². The number of nitrogens with one attached hydrogen (secondary N) is 1. The van der Waals surface area contributed by atoms with Crippen molar-refractivity contribution in [2.75, 3.05) is 13.2 Å². The second kappa shape index (κ2) is 8.57. The predicted octanol–water partition coefficient (Wildman–Crippen LogP) is 2.43. The van der Waals surface area contributed by atoms with Crippen LogP contribution in [0.5, 0.6) is 0 Å². The van der Waals surface area contributed by atoms with Gasteiger partial charge in [0.25, 0.3) is 5.56 Å². The van der Waals surface area contributed by atoms with E-state index in [0.29, 0.717) is 30.9 Å². The van der Waals surface area contributed by atoms with Crippen LogP contribution in [-0.4, -0.2) is 39.2 Å². The fourth-order valence-corrected chi connectivity index (χ4v) is 3.17. The molecular weight excluding hydrogens is 372 g/mol. The second-order valence-corrected chi connectivity index (χ2v) is 7.14. The van der Waals surface area contributed by atoms with Crippen LogP contribution >= 0.6 is 0 Å². The highest BCUT2D eigenvalue weighted by Gasteiger charge is 2.18. The van der Waals surface area contributed by atoms with E-state index in [9.17, 15) is 9.59 Å². The quantitative estimate of drug-likeness (QED) is 0.374. The van der Waals surface area contributed by atoms with Crippen LogP contribution in [0.25, 0.3) is 16.7 Å². The van der Waals surface area contributed by atoms with Crippen LogP contribution in [0.15, 0.2) is 29.2 Å². The summed E-state index contributed by atoms with van der Waals surface area (Å²) in [6.45, 7) is 8.58. The van der Waals surface area contributed by atoms with Gasteiger partial charge in [-0.25, -0.2) is 9.78 Å². The highest BCUT2D eigenvalue weighted by atomic mass is 16.5. The van der Waals surface area contributed by atoms with Crippen molar-refractivity contribution in [3.05, 3.63) is 51.4 Å². The minimum Gasteiger partial charge on any atom is -0.462 e. The summed E-state index contributed by atoms with van der Waals surface area (Å²) < 4.78 is 13.7. The molecular formula is C21H26N4O4. The van der Waals surface area contributed by atoms with E-state index in [4.69, 9.17) is 14.9 Å². The third-order valence-corrected chi connectivity index (χ3v) is 4.53. The molecule has 0 aliphatic rings. The molecule has 0 saturated heterocycles. The number of hydrogen-bond acceptors (Lipinski definition) is 6. The van der Waals surface area contributed by atoms with Crippen molar-refractivity contribution < 1.29 is 14.3 Å². The predicted molar refractivity (Wildman–Crippen MR) is 109 cm³/mol. The lowest BCUT2D eigenvalue weighted by molar-refractivity contribution is 0.0523. The van der Waals surface area contributed by atoms with Gasteiger partial charge in [-0.3, -0.25) is 14.6 Å². The number of fused-ring (bicyclic) bond motifs is 2. The molecule has 3 aromatic heterocycles. The van der Waals surface area contributed by atoms with E-state index in [1.54, 1.807) is 23.8 Å². The Bertz CT molecular complexity index is 1180. The molecule has 3 aromatic rings. The van der Waals surface area contributed by atoms with Gasteiger partial charge in [-0.2, -0.15) is 0 Å². The van der Waals surface area contributed by atoms with Gasteiger partial charge in [0.05, 0.1) is 18.1 Å². The van der Waals surface area contributed by atoms with Crippen LogP contribution < -0.4 is 11.0 Å². The van der Waals surface area contributed by atoms with E-state index >= 15 is 0 Å². The van der Waals surface area contributed by atoms with Gasteiger partial charge >= 0.3 is 5.97 Å². The van der Waals surface area contributed by atoms with E-state index in [1.165, 1.54) is 10.5 Å². The van der Waals surface area contributed by atoms with Crippen molar-refractivity contribution in [1.82, 2.24) is 14.0 Å². The molecule has 1 N–H and O–H groups in total. The summed E-state index contributed by atoms with van der Waals surface area (Å²) in [4.78, 5) is 30.1. The second-order valence-electron chi connectivity index (χ2n) is 7.14. The van der Waals surface area contributed by atoms with Crippen molar-refractivity contribution in [2.45, 2.75) is 46.8 Å². The third-order valence-electron chi connectivity index (χ3n) is 4.53. The molecule has 29 heavy (non-hydrogen) atoms. The first-order chi connectivity index (χ1) is 13.8. The summed E-state index contributed by atoms with van der Waals surface area (Å²) in [5.41, 5.74) is 1.53. The zero-order chi connectivity index (χ0) is 21.1. The van der Waals surface area contributed by atoms with Crippen molar-refractivity contribution in [2.24, 2.45) is 0 Å². The van der Waals surface area contributed by atoms with Crippen LogP contribution in [0.4, 0.5) is 0 Å². The molecule has 0 radical (unpaired) electrons. The number of aryl methyl sites for hydroxylation is 2. The number of hydrogen-bond donors (Lipinski definition) is 1. The molecule has 0 amide bonds. The maximum atomic E-state index is 13.1. The van der Waals surface area contributed by atoms with Gasteiger partial charge in [0.1, 0.15) is 22.3 Å². The van der Waals surface area contributed by atoms with Gasteiger partial charge in [-0.1, -0.05) is 6.07 Å². The van der Waals surface area contributed by atoms with Gasteiger partial charge in [0.15, 0.2) is 0 Å². The van der Waals surface area contributed by atoms with Gasteiger partial charge in [0, 0.05) is 19.3 Å². The molecule has 154 valence electrons. The average molecular weight is 398 g/mol. The van der Waals surface area contributed by atoms with E-state index in [2.05, 4.69) is 4.98 Å². The fraction of sp³-hybridized carbons (Fsp3) is 0.429. The molecule has 0 aliphatic carbocycles. The zero-order valence-corrected chi connectivity index (χ0v) is 17.2. The molecule has 0 bridgehead atoms. The van der Waals surface area contributed by atoms with Crippen molar-refractivity contribution in [3.8, 4) is 0 Å². The summed E-state index contributed by atoms with van der Waals surface area (Å²) >= 11 is 0. The maximum absolute atomic E-state index is 13.1. The Morgan fingerprint density at radius 3 is 2.76 bits per heavy atom. The number of carbonyl (C=O) groups is 1. The van der Waals surface area contributed by atoms with Crippen molar-refractivity contribution in [3.63, 3.8) is 0 Å². The number of carbonyl (C=O) groups excluding carboxylic acids is 1. The number of rotatable bonds is 7. The van der Waals surface area contributed by atoms with Crippen LogP contribution in [0.2, 0.25) is 0 Å². The van der Waals surface area contributed by atoms with Gasteiger partial charge in [-0.15, -0.1) is 0 Å². The molecule has 0 atom stereocenters. The van der Waals surface area contributed by atoms with E-state index in [-0.39, 0.29) is 34.7 Å². The SMILES string of the molecule is CCOC(=O)c1cc2c(=O)n3cc(C)ccc3nc2n(CCCOC(C)C)c1=N.